The van der Waals surface area contributed by atoms with Crippen LogP contribution in [0.4, 0.5) is 11.6 Å². The van der Waals surface area contributed by atoms with Gasteiger partial charge in [0.25, 0.3) is 0 Å². The van der Waals surface area contributed by atoms with Crippen molar-refractivity contribution < 1.29 is 8.42 Å². The van der Waals surface area contributed by atoms with Crippen LogP contribution in [-0.4, -0.2) is 48.9 Å². The summed E-state index contributed by atoms with van der Waals surface area (Å²) in [4.78, 5) is 9.10. The van der Waals surface area contributed by atoms with E-state index in [1.54, 1.807) is 16.4 Å². The maximum atomic E-state index is 12.7. The van der Waals surface area contributed by atoms with E-state index in [1.165, 1.54) is 6.20 Å². The molecule has 0 aliphatic carbocycles. The van der Waals surface area contributed by atoms with Crippen LogP contribution in [0, 0.1) is 0 Å². The topological polar surface area (TPSA) is 87.2 Å². The third kappa shape index (κ3) is 4.65. The number of aromatic nitrogens is 2. The highest BCUT2D eigenvalue weighted by Crippen LogP contribution is 2.20. The van der Waals surface area contributed by atoms with Gasteiger partial charge < -0.3 is 10.6 Å². The van der Waals surface area contributed by atoms with Gasteiger partial charge in [0.2, 0.25) is 10.0 Å². The summed E-state index contributed by atoms with van der Waals surface area (Å²) in [6.45, 7) is 2.49. The molecule has 29 heavy (non-hydrogen) atoms. The number of anilines is 2. The van der Waals surface area contributed by atoms with Crippen molar-refractivity contribution in [2.45, 2.75) is 24.2 Å². The Labute approximate surface area is 171 Å². The van der Waals surface area contributed by atoms with E-state index in [4.69, 9.17) is 0 Å². The molecule has 8 heteroatoms. The fraction of sp³-hybridized carbons (Fsp3) is 0.333. The average molecular weight is 412 g/mol. The number of sulfonamides is 1. The molecule has 1 saturated heterocycles. The molecule has 1 aliphatic heterocycles. The van der Waals surface area contributed by atoms with E-state index < -0.39 is 10.0 Å². The predicted molar refractivity (Wildman–Crippen MR) is 116 cm³/mol. The summed E-state index contributed by atoms with van der Waals surface area (Å²) >= 11 is 0. The minimum atomic E-state index is -3.44. The van der Waals surface area contributed by atoms with Gasteiger partial charge in [-0.15, -0.1) is 0 Å². The summed E-state index contributed by atoms with van der Waals surface area (Å²) in [7, 11) is -3.44. The standard InChI is InChI=1S/C21H25N5O2S/c27-29(28,26-14-4-1-5-15-26)18-9-11-20(24-16-18)22-12-13-23-21-10-8-17-6-2-3-7-19(17)25-21/h2-3,6-11,16H,1,4-5,12-15H2,(H,22,24)(H,23,25). The molecule has 3 heterocycles. The number of piperidine rings is 1. The average Bonchev–Trinajstić information content (AvgIpc) is 2.77. The molecule has 3 aromatic rings. The second-order valence-electron chi connectivity index (χ2n) is 7.09. The quantitative estimate of drug-likeness (QED) is 0.580. The highest BCUT2D eigenvalue weighted by Gasteiger charge is 2.26. The molecule has 152 valence electrons. The molecular weight excluding hydrogens is 386 g/mol. The molecular formula is C21H25N5O2S. The third-order valence-electron chi connectivity index (χ3n) is 5.02. The van der Waals surface area contributed by atoms with Crippen LogP contribution in [0.25, 0.3) is 10.9 Å². The monoisotopic (exact) mass is 411 g/mol. The Morgan fingerprint density at radius 2 is 1.59 bits per heavy atom. The Morgan fingerprint density at radius 3 is 2.34 bits per heavy atom. The first kappa shape index (κ1) is 19.6. The Balaban J connectivity index is 1.29. The minimum absolute atomic E-state index is 0.253. The van der Waals surface area contributed by atoms with Crippen LogP contribution in [-0.2, 0) is 10.0 Å². The van der Waals surface area contributed by atoms with Gasteiger partial charge in [-0.3, -0.25) is 0 Å². The molecule has 0 radical (unpaired) electrons. The first-order valence-electron chi connectivity index (χ1n) is 9.93. The lowest BCUT2D eigenvalue weighted by Crippen LogP contribution is -2.35. The summed E-state index contributed by atoms with van der Waals surface area (Å²) in [6, 6.07) is 15.3. The molecule has 0 atom stereocenters. The molecule has 4 rings (SSSR count). The number of fused-ring (bicyclic) bond motifs is 1. The second-order valence-corrected chi connectivity index (χ2v) is 9.02. The Morgan fingerprint density at radius 1 is 0.862 bits per heavy atom. The van der Waals surface area contributed by atoms with Gasteiger partial charge in [0, 0.05) is 37.8 Å². The van der Waals surface area contributed by atoms with Crippen LogP contribution >= 0.6 is 0 Å². The van der Waals surface area contributed by atoms with Gasteiger partial charge in [-0.2, -0.15) is 4.31 Å². The fourth-order valence-electron chi connectivity index (χ4n) is 3.44. The predicted octanol–water partition coefficient (Wildman–Crippen LogP) is 3.33. The van der Waals surface area contributed by atoms with Gasteiger partial charge in [-0.05, 0) is 43.2 Å². The minimum Gasteiger partial charge on any atom is -0.368 e. The molecule has 0 bridgehead atoms. The van der Waals surface area contributed by atoms with E-state index in [1.807, 2.05) is 36.4 Å². The van der Waals surface area contributed by atoms with Crippen LogP contribution in [0.15, 0.2) is 59.6 Å². The summed E-state index contributed by atoms with van der Waals surface area (Å²) in [5, 5.41) is 7.59. The van der Waals surface area contributed by atoms with Gasteiger partial charge in [-0.25, -0.2) is 18.4 Å². The lowest BCUT2D eigenvalue weighted by molar-refractivity contribution is 0.346. The SMILES string of the molecule is O=S(=O)(c1ccc(NCCNc2ccc3ccccc3n2)nc1)N1CCCCC1. The zero-order valence-electron chi connectivity index (χ0n) is 16.2. The van der Waals surface area contributed by atoms with Crippen molar-refractivity contribution in [2.75, 3.05) is 36.8 Å². The molecule has 0 saturated carbocycles. The number of benzene rings is 1. The number of nitrogens with zero attached hydrogens (tertiary/aromatic N) is 3. The molecule has 0 unspecified atom stereocenters. The van der Waals surface area contributed by atoms with E-state index in [2.05, 4.69) is 20.6 Å². The van der Waals surface area contributed by atoms with Crippen LogP contribution in [0.2, 0.25) is 0 Å². The van der Waals surface area contributed by atoms with E-state index in [-0.39, 0.29) is 4.90 Å². The first-order valence-corrected chi connectivity index (χ1v) is 11.4. The summed E-state index contributed by atoms with van der Waals surface area (Å²) in [5.74, 6) is 1.47. The summed E-state index contributed by atoms with van der Waals surface area (Å²) < 4.78 is 26.9. The first-order chi connectivity index (χ1) is 14.1. The van der Waals surface area contributed by atoms with Gasteiger partial charge in [0.05, 0.1) is 5.52 Å². The zero-order chi connectivity index (χ0) is 20.1. The van der Waals surface area contributed by atoms with Gasteiger partial charge in [0.15, 0.2) is 0 Å². The van der Waals surface area contributed by atoms with E-state index in [0.717, 1.165) is 36.0 Å². The molecule has 7 nitrogen and oxygen atoms in total. The van der Waals surface area contributed by atoms with Crippen LogP contribution < -0.4 is 10.6 Å². The maximum absolute atomic E-state index is 12.7. The Bertz CT molecular complexity index is 1060. The molecule has 1 aliphatic rings. The number of nitrogens with one attached hydrogen (secondary N) is 2. The highest BCUT2D eigenvalue weighted by molar-refractivity contribution is 7.89. The second kappa shape index (κ2) is 8.75. The molecule has 0 amide bonds. The van der Waals surface area contributed by atoms with Crippen molar-refractivity contribution in [1.29, 1.82) is 0 Å². The van der Waals surface area contributed by atoms with Crippen LogP contribution in [0.1, 0.15) is 19.3 Å². The highest BCUT2D eigenvalue weighted by atomic mass is 32.2. The lowest BCUT2D eigenvalue weighted by Gasteiger charge is -2.25. The van der Waals surface area contributed by atoms with Crippen molar-refractivity contribution in [3.8, 4) is 0 Å². The lowest BCUT2D eigenvalue weighted by atomic mass is 10.2. The van der Waals surface area contributed by atoms with E-state index in [9.17, 15) is 8.42 Å². The third-order valence-corrected chi connectivity index (χ3v) is 6.91. The normalized spacial score (nSPS) is 15.3. The Hall–Kier alpha value is -2.71. The van der Waals surface area contributed by atoms with Crippen molar-refractivity contribution >= 4 is 32.6 Å². The molecule has 0 spiro atoms. The Kier molecular flexibility index (Phi) is 5.92. The van der Waals surface area contributed by atoms with Crippen LogP contribution in [0.3, 0.4) is 0 Å². The van der Waals surface area contributed by atoms with Crippen molar-refractivity contribution in [3.63, 3.8) is 0 Å². The number of pyridine rings is 2. The fourth-order valence-corrected chi connectivity index (χ4v) is 4.90. The number of rotatable bonds is 7. The van der Waals surface area contributed by atoms with Gasteiger partial charge in [0.1, 0.15) is 16.5 Å². The molecule has 2 aromatic heterocycles. The van der Waals surface area contributed by atoms with Gasteiger partial charge >= 0.3 is 0 Å². The molecule has 1 fully saturated rings. The maximum Gasteiger partial charge on any atom is 0.244 e. The van der Waals surface area contributed by atoms with Crippen LogP contribution in [0.5, 0.6) is 0 Å². The van der Waals surface area contributed by atoms with E-state index in [0.29, 0.717) is 32.0 Å². The van der Waals surface area contributed by atoms with Crippen molar-refractivity contribution in [2.24, 2.45) is 0 Å². The number of hydrogen-bond donors (Lipinski definition) is 2. The summed E-state index contributed by atoms with van der Waals surface area (Å²) in [5.41, 5.74) is 0.956. The van der Waals surface area contributed by atoms with Gasteiger partial charge in [-0.1, -0.05) is 24.6 Å². The summed E-state index contributed by atoms with van der Waals surface area (Å²) in [6.07, 6.45) is 4.37. The number of para-hydroxylation sites is 1. The smallest absolute Gasteiger partial charge is 0.244 e. The largest absolute Gasteiger partial charge is 0.368 e. The van der Waals surface area contributed by atoms with Crippen molar-refractivity contribution in [1.82, 2.24) is 14.3 Å². The molecule has 2 N–H and O–H groups in total. The molecule has 1 aromatic carbocycles. The van der Waals surface area contributed by atoms with E-state index >= 15 is 0 Å². The zero-order valence-corrected chi connectivity index (χ0v) is 17.0. The van der Waals surface area contributed by atoms with Crippen molar-refractivity contribution in [3.05, 3.63) is 54.7 Å². The number of hydrogen-bond acceptors (Lipinski definition) is 6.